The van der Waals surface area contributed by atoms with Gasteiger partial charge in [-0.3, -0.25) is 18.6 Å². The Bertz CT molecular complexity index is 1160. The van der Waals surface area contributed by atoms with Crippen LogP contribution in [0.2, 0.25) is 0 Å². The van der Waals surface area contributed by atoms with E-state index in [2.05, 4.69) is 74.6 Å². The molecule has 59 heavy (non-hydrogen) atoms. The van der Waals surface area contributed by atoms with Crippen LogP contribution < -0.4 is 0 Å². The third-order valence-corrected chi connectivity index (χ3v) is 10.7. The normalized spacial score (nSPS) is 14.3. The van der Waals surface area contributed by atoms with Gasteiger partial charge in [-0.05, 0) is 77.0 Å². The Morgan fingerprint density at radius 1 is 0.475 bits per heavy atom. The summed E-state index contributed by atoms with van der Waals surface area (Å²) in [5.41, 5.74) is 0. The monoisotopic (exact) mass is 853 g/mol. The molecule has 0 aromatic rings. The van der Waals surface area contributed by atoms with Crippen molar-refractivity contribution in [1.29, 1.82) is 0 Å². The second kappa shape index (κ2) is 43.7. The number of ether oxygens (including phenoxy) is 2. The number of phosphoric ester groups is 1. The Balaban J connectivity index is 3.91. The first-order valence-corrected chi connectivity index (χ1v) is 24.7. The Hall–Kier alpha value is -2.33. The number of hydrogen-bond acceptors (Lipinski definition) is 9. The summed E-state index contributed by atoms with van der Waals surface area (Å²) in [7, 11) is -4.64. The fraction of sp³-hybridized carbons (Fsp3) is 0.750. The molecular weight excluding hydrogens is 767 g/mol. The van der Waals surface area contributed by atoms with Crippen LogP contribution in [0.1, 0.15) is 194 Å². The molecule has 0 aromatic heterocycles. The summed E-state index contributed by atoms with van der Waals surface area (Å²) >= 11 is 0. The molecule has 0 amide bonds. The Morgan fingerprint density at radius 2 is 0.797 bits per heavy atom. The minimum absolute atomic E-state index is 0.180. The molecule has 0 bridgehead atoms. The molecule has 0 saturated carbocycles. The molecular formula is C48H85O10P. The van der Waals surface area contributed by atoms with Gasteiger partial charge in [0, 0.05) is 12.8 Å². The van der Waals surface area contributed by atoms with Gasteiger partial charge in [0.2, 0.25) is 0 Å². The van der Waals surface area contributed by atoms with Gasteiger partial charge < -0.3 is 24.6 Å². The van der Waals surface area contributed by atoms with E-state index in [0.717, 1.165) is 89.9 Å². The van der Waals surface area contributed by atoms with Gasteiger partial charge in [-0.2, -0.15) is 0 Å². The molecule has 342 valence electrons. The number of allylic oxidation sites excluding steroid dienone is 10. The molecule has 0 radical (unpaired) electrons. The third kappa shape index (κ3) is 42.2. The van der Waals surface area contributed by atoms with Crippen molar-refractivity contribution in [3.05, 3.63) is 60.8 Å². The largest absolute Gasteiger partial charge is 0.472 e. The number of hydrogen-bond donors (Lipinski definition) is 3. The summed E-state index contributed by atoms with van der Waals surface area (Å²) in [6, 6.07) is 0. The Morgan fingerprint density at radius 3 is 1.17 bits per heavy atom. The lowest BCUT2D eigenvalue weighted by molar-refractivity contribution is -0.153. The van der Waals surface area contributed by atoms with E-state index < -0.39 is 58.4 Å². The topological polar surface area (TPSA) is 149 Å². The molecule has 0 heterocycles. The molecule has 0 saturated heterocycles. The average Bonchev–Trinajstić information content (AvgIpc) is 3.22. The maximum absolute atomic E-state index is 12.4. The van der Waals surface area contributed by atoms with Crippen LogP contribution >= 0.6 is 7.82 Å². The highest BCUT2D eigenvalue weighted by atomic mass is 31.2. The number of esters is 2. The molecule has 10 nitrogen and oxygen atoms in total. The van der Waals surface area contributed by atoms with Crippen molar-refractivity contribution in [2.75, 3.05) is 26.4 Å². The van der Waals surface area contributed by atoms with Gasteiger partial charge in [-0.1, -0.05) is 164 Å². The molecule has 3 N–H and O–H groups in total. The van der Waals surface area contributed by atoms with Crippen molar-refractivity contribution in [3.8, 4) is 0 Å². The summed E-state index contributed by atoms with van der Waals surface area (Å²) in [5.74, 6) is -1.04. The lowest BCUT2D eigenvalue weighted by atomic mass is 10.1. The minimum Gasteiger partial charge on any atom is -0.457 e. The fourth-order valence-electron chi connectivity index (χ4n) is 6.16. The molecule has 0 aliphatic heterocycles. The molecule has 0 rings (SSSR count). The number of phosphoric acid groups is 1. The first kappa shape index (κ1) is 56.7. The highest BCUT2D eigenvalue weighted by molar-refractivity contribution is 7.47. The number of aliphatic hydroxyl groups excluding tert-OH is 2. The van der Waals surface area contributed by atoms with Gasteiger partial charge >= 0.3 is 19.8 Å². The van der Waals surface area contributed by atoms with Crippen LogP contribution in [-0.2, 0) is 32.7 Å². The smallest absolute Gasteiger partial charge is 0.457 e. The van der Waals surface area contributed by atoms with Crippen molar-refractivity contribution in [1.82, 2.24) is 0 Å². The van der Waals surface area contributed by atoms with Crippen LogP contribution in [0.3, 0.4) is 0 Å². The van der Waals surface area contributed by atoms with E-state index >= 15 is 0 Å². The third-order valence-electron chi connectivity index (χ3n) is 9.71. The number of carbonyl (C=O) groups excluding carboxylic acids is 2. The van der Waals surface area contributed by atoms with Crippen molar-refractivity contribution in [2.24, 2.45) is 0 Å². The molecule has 0 spiro atoms. The first-order chi connectivity index (χ1) is 28.8. The van der Waals surface area contributed by atoms with E-state index in [1.54, 1.807) is 0 Å². The van der Waals surface area contributed by atoms with E-state index in [4.69, 9.17) is 18.5 Å². The van der Waals surface area contributed by atoms with Gasteiger partial charge in [0.25, 0.3) is 0 Å². The average molecular weight is 853 g/mol. The second-order valence-corrected chi connectivity index (χ2v) is 16.8. The molecule has 0 fully saturated rings. The molecule has 3 atom stereocenters. The van der Waals surface area contributed by atoms with E-state index in [-0.39, 0.29) is 12.8 Å². The lowest BCUT2D eigenvalue weighted by Gasteiger charge is -2.20. The summed E-state index contributed by atoms with van der Waals surface area (Å²) < 4.78 is 32.6. The van der Waals surface area contributed by atoms with Crippen molar-refractivity contribution in [2.45, 2.75) is 206 Å². The number of carbonyl (C=O) groups is 2. The maximum Gasteiger partial charge on any atom is 0.472 e. The zero-order chi connectivity index (χ0) is 43.3. The summed E-state index contributed by atoms with van der Waals surface area (Å²) in [6.45, 7) is 2.08. The lowest BCUT2D eigenvalue weighted by Crippen LogP contribution is -2.28. The van der Waals surface area contributed by atoms with Crippen molar-refractivity contribution in [3.63, 3.8) is 0 Å². The number of rotatable bonds is 43. The van der Waals surface area contributed by atoms with Crippen LogP contribution in [0.15, 0.2) is 60.8 Å². The van der Waals surface area contributed by atoms with Crippen LogP contribution in [0, 0.1) is 0 Å². The molecule has 3 unspecified atom stereocenters. The zero-order valence-corrected chi connectivity index (χ0v) is 38.1. The first-order valence-electron chi connectivity index (χ1n) is 23.2. The minimum atomic E-state index is -4.64. The Labute approximate surface area is 359 Å². The fourth-order valence-corrected chi connectivity index (χ4v) is 6.94. The van der Waals surface area contributed by atoms with Crippen LogP contribution in [0.25, 0.3) is 0 Å². The number of unbranched alkanes of at least 4 members (excludes halogenated alkanes) is 19. The van der Waals surface area contributed by atoms with E-state index in [1.165, 1.54) is 64.2 Å². The van der Waals surface area contributed by atoms with Crippen molar-refractivity contribution >= 4 is 19.8 Å². The quantitative estimate of drug-likeness (QED) is 0.0234. The van der Waals surface area contributed by atoms with E-state index in [9.17, 15) is 29.3 Å². The molecule has 0 aromatic carbocycles. The van der Waals surface area contributed by atoms with Crippen LogP contribution in [0.4, 0.5) is 0 Å². The van der Waals surface area contributed by atoms with Crippen molar-refractivity contribution < 1.29 is 47.8 Å². The maximum atomic E-state index is 12.4. The molecule has 11 heteroatoms. The Kier molecular flexibility index (Phi) is 42.0. The second-order valence-electron chi connectivity index (χ2n) is 15.4. The van der Waals surface area contributed by atoms with Gasteiger partial charge in [-0.25, -0.2) is 4.57 Å². The molecule has 0 aliphatic carbocycles. The van der Waals surface area contributed by atoms with Gasteiger partial charge in [0.05, 0.1) is 26.4 Å². The van der Waals surface area contributed by atoms with E-state index in [1.807, 2.05) is 0 Å². The van der Waals surface area contributed by atoms with Gasteiger partial charge in [0.15, 0.2) is 0 Å². The SMILES string of the molecule is CC/C=C\C/C=C\C/C=C\C/C=C\CCCCCCCCCCC(=O)OC(CO)COP(=O)(O)OCC(CO)OC(=O)CCCCCCC/C=C\CCCCCCCC. The highest BCUT2D eigenvalue weighted by Gasteiger charge is 2.27. The van der Waals surface area contributed by atoms with Gasteiger partial charge in [-0.15, -0.1) is 0 Å². The number of aliphatic hydroxyl groups is 2. The summed E-state index contributed by atoms with van der Waals surface area (Å²) in [4.78, 5) is 34.6. The predicted octanol–water partition coefficient (Wildman–Crippen LogP) is 12.7. The standard InChI is InChI=1S/C48H85O10P/c1-3-5-7-9-11-13-15-17-19-20-21-22-23-24-26-28-30-32-34-36-38-40-48(52)58-46(42-50)44-56-59(53,54)55-43-45(41-49)57-47(51)39-37-35-33-31-29-27-25-18-16-14-12-10-8-6-4-2/h5,7,11,13,17-19,21-22,25,45-46,49-50H,3-4,6,8-10,12,14-16,20,23-24,26-44H2,1-2H3,(H,53,54)/b7-5-,13-11-,19-17-,22-21-,25-18-. The molecule has 0 aliphatic rings. The van der Waals surface area contributed by atoms with E-state index in [0.29, 0.717) is 12.8 Å². The predicted molar refractivity (Wildman–Crippen MR) is 242 cm³/mol. The van der Waals surface area contributed by atoms with Crippen LogP contribution in [-0.4, -0.2) is 65.7 Å². The zero-order valence-electron chi connectivity index (χ0n) is 37.2. The summed E-state index contributed by atoms with van der Waals surface area (Å²) in [5, 5.41) is 19.2. The summed E-state index contributed by atoms with van der Waals surface area (Å²) in [6.07, 6.45) is 49.0. The van der Waals surface area contributed by atoms with Gasteiger partial charge in [0.1, 0.15) is 12.2 Å². The highest BCUT2D eigenvalue weighted by Crippen LogP contribution is 2.43. The van der Waals surface area contributed by atoms with Crippen LogP contribution in [0.5, 0.6) is 0 Å².